The van der Waals surface area contributed by atoms with E-state index in [1.165, 1.54) is 7.11 Å². The molecule has 2 aromatic rings. The van der Waals surface area contributed by atoms with Crippen molar-refractivity contribution < 1.29 is 19.1 Å². The number of hydrogen-bond donors (Lipinski definition) is 0. The molecule has 0 aliphatic carbocycles. The van der Waals surface area contributed by atoms with Gasteiger partial charge in [0.25, 0.3) is 0 Å². The maximum Gasteiger partial charge on any atom is 0.340 e. The third-order valence-electron chi connectivity index (χ3n) is 3.23. The average molecular weight is 275 g/mol. The second-order valence-corrected chi connectivity index (χ2v) is 4.37. The fourth-order valence-corrected chi connectivity index (χ4v) is 2.33. The Morgan fingerprint density at radius 2 is 1.95 bits per heavy atom. The van der Waals surface area contributed by atoms with Gasteiger partial charge < -0.3 is 14.0 Å². The van der Waals surface area contributed by atoms with Crippen molar-refractivity contribution in [3.63, 3.8) is 0 Å². The van der Waals surface area contributed by atoms with E-state index >= 15 is 0 Å². The zero-order valence-corrected chi connectivity index (χ0v) is 11.8. The molecule has 5 heteroatoms. The van der Waals surface area contributed by atoms with Crippen molar-refractivity contribution in [3.05, 3.63) is 35.5 Å². The second-order valence-electron chi connectivity index (χ2n) is 4.37. The molecule has 0 bridgehead atoms. The molecule has 5 nitrogen and oxygen atoms in total. The fourth-order valence-electron chi connectivity index (χ4n) is 2.33. The molecule has 0 radical (unpaired) electrons. The molecule has 0 atom stereocenters. The molecule has 0 spiro atoms. The molecule has 106 valence electrons. The highest BCUT2D eigenvalue weighted by Gasteiger charge is 2.23. The summed E-state index contributed by atoms with van der Waals surface area (Å²) in [5.74, 6) is -0.801. The van der Waals surface area contributed by atoms with E-state index in [0.717, 1.165) is 10.9 Å². The van der Waals surface area contributed by atoms with Crippen LogP contribution in [0.1, 0.15) is 23.0 Å². The molecule has 2 rings (SSSR count). The highest BCUT2D eigenvalue weighted by Crippen LogP contribution is 2.26. The van der Waals surface area contributed by atoms with Gasteiger partial charge in [-0.2, -0.15) is 0 Å². The highest BCUT2D eigenvalue weighted by atomic mass is 16.5. The Kier molecular flexibility index (Phi) is 4.08. The molecule has 1 aromatic carbocycles. The van der Waals surface area contributed by atoms with Crippen LogP contribution in [0.5, 0.6) is 0 Å². The number of rotatable bonds is 4. The third kappa shape index (κ3) is 2.39. The summed E-state index contributed by atoms with van der Waals surface area (Å²) in [4.78, 5) is 23.7. The van der Waals surface area contributed by atoms with Gasteiger partial charge in [0.15, 0.2) is 0 Å². The number of esters is 2. The largest absolute Gasteiger partial charge is 0.466 e. The number of ether oxygens (including phenoxy) is 2. The van der Waals surface area contributed by atoms with Crippen LogP contribution in [0.2, 0.25) is 0 Å². The molecule has 0 unspecified atom stereocenters. The van der Waals surface area contributed by atoms with Gasteiger partial charge in [0.2, 0.25) is 0 Å². The summed E-state index contributed by atoms with van der Waals surface area (Å²) < 4.78 is 11.6. The predicted molar refractivity (Wildman–Crippen MR) is 74.6 cm³/mol. The van der Waals surface area contributed by atoms with E-state index in [-0.39, 0.29) is 12.4 Å². The minimum Gasteiger partial charge on any atom is -0.466 e. The first kappa shape index (κ1) is 14.1. The normalized spacial score (nSPS) is 10.6. The van der Waals surface area contributed by atoms with Gasteiger partial charge in [-0.1, -0.05) is 18.2 Å². The fraction of sp³-hybridized carbons (Fsp3) is 0.333. The standard InChI is InChI=1S/C15H17NO4/c1-4-20-13(17)9-12-14(15(18)19-3)10-7-5-6-8-11(10)16(12)2/h5-8H,4,9H2,1-3H3. The Morgan fingerprint density at radius 3 is 2.60 bits per heavy atom. The predicted octanol–water partition coefficient (Wildman–Crippen LogP) is 2.07. The summed E-state index contributed by atoms with van der Waals surface area (Å²) in [7, 11) is 3.15. The number of carbonyl (C=O) groups excluding carboxylic acids is 2. The van der Waals surface area contributed by atoms with Crippen molar-refractivity contribution >= 4 is 22.8 Å². The van der Waals surface area contributed by atoms with Crippen LogP contribution >= 0.6 is 0 Å². The molecule has 0 fully saturated rings. The monoisotopic (exact) mass is 275 g/mol. The smallest absolute Gasteiger partial charge is 0.340 e. The van der Waals surface area contributed by atoms with Crippen molar-refractivity contribution in [1.82, 2.24) is 4.57 Å². The summed E-state index contributed by atoms with van der Waals surface area (Å²) >= 11 is 0. The van der Waals surface area contributed by atoms with E-state index in [0.29, 0.717) is 17.9 Å². The van der Waals surface area contributed by atoms with Crippen molar-refractivity contribution in [3.8, 4) is 0 Å². The lowest BCUT2D eigenvalue weighted by atomic mass is 10.1. The van der Waals surface area contributed by atoms with Crippen molar-refractivity contribution in [2.24, 2.45) is 7.05 Å². The topological polar surface area (TPSA) is 57.5 Å². The molecule has 1 aromatic heterocycles. The van der Waals surface area contributed by atoms with Crippen LogP contribution in [-0.4, -0.2) is 30.2 Å². The molecule has 0 saturated carbocycles. The molecule has 0 aliphatic rings. The Balaban J connectivity index is 2.59. The number of para-hydroxylation sites is 1. The van der Waals surface area contributed by atoms with E-state index in [1.807, 2.05) is 35.9 Å². The van der Waals surface area contributed by atoms with Crippen molar-refractivity contribution in [1.29, 1.82) is 0 Å². The molecule has 0 saturated heterocycles. The third-order valence-corrected chi connectivity index (χ3v) is 3.23. The highest BCUT2D eigenvalue weighted by molar-refractivity contribution is 6.06. The molecule has 0 amide bonds. The zero-order chi connectivity index (χ0) is 14.7. The Labute approximate surface area is 117 Å². The number of nitrogens with zero attached hydrogens (tertiary/aromatic N) is 1. The summed E-state index contributed by atoms with van der Waals surface area (Å²) in [6, 6.07) is 7.48. The van der Waals surface area contributed by atoms with Gasteiger partial charge in [-0.3, -0.25) is 4.79 Å². The summed E-state index contributed by atoms with van der Waals surface area (Å²) in [5, 5.41) is 0.779. The van der Waals surface area contributed by atoms with Crippen LogP contribution in [0.25, 0.3) is 10.9 Å². The molecule has 0 N–H and O–H groups in total. The number of carbonyl (C=O) groups is 2. The molecule has 20 heavy (non-hydrogen) atoms. The number of fused-ring (bicyclic) bond motifs is 1. The molecular weight excluding hydrogens is 258 g/mol. The van der Waals surface area contributed by atoms with Gasteiger partial charge in [-0.05, 0) is 13.0 Å². The lowest BCUT2D eigenvalue weighted by Gasteiger charge is -2.06. The van der Waals surface area contributed by atoms with Gasteiger partial charge in [-0.15, -0.1) is 0 Å². The van der Waals surface area contributed by atoms with Crippen LogP contribution in [0.3, 0.4) is 0 Å². The number of methoxy groups -OCH3 is 1. The quantitative estimate of drug-likeness (QED) is 0.801. The van der Waals surface area contributed by atoms with Gasteiger partial charge in [-0.25, -0.2) is 4.79 Å². The van der Waals surface area contributed by atoms with Crippen molar-refractivity contribution in [2.75, 3.05) is 13.7 Å². The van der Waals surface area contributed by atoms with Crippen LogP contribution in [0.4, 0.5) is 0 Å². The van der Waals surface area contributed by atoms with Crippen molar-refractivity contribution in [2.45, 2.75) is 13.3 Å². The van der Waals surface area contributed by atoms with Gasteiger partial charge >= 0.3 is 11.9 Å². The van der Waals surface area contributed by atoms with E-state index in [9.17, 15) is 9.59 Å². The van der Waals surface area contributed by atoms with E-state index < -0.39 is 5.97 Å². The summed E-state index contributed by atoms with van der Waals surface area (Å²) in [5.41, 5.74) is 1.92. The minimum absolute atomic E-state index is 0.0451. The van der Waals surface area contributed by atoms with E-state index in [2.05, 4.69) is 0 Å². The lowest BCUT2D eigenvalue weighted by Crippen LogP contribution is -2.14. The van der Waals surface area contributed by atoms with Gasteiger partial charge in [0.1, 0.15) is 0 Å². The Bertz CT molecular complexity index is 657. The number of aryl methyl sites for hydroxylation is 1. The Morgan fingerprint density at radius 1 is 1.25 bits per heavy atom. The van der Waals surface area contributed by atoms with Gasteiger partial charge in [0, 0.05) is 23.6 Å². The van der Waals surface area contributed by atoms with Crippen LogP contribution in [0.15, 0.2) is 24.3 Å². The average Bonchev–Trinajstić information content (AvgIpc) is 2.72. The maximum absolute atomic E-state index is 12.0. The molecule has 1 heterocycles. The first-order valence-electron chi connectivity index (χ1n) is 6.40. The van der Waals surface area contributed by atoms with Crippen LogP contribution in [-0.2, 0) is 27.7 Å². The van der Waals surface area contributed by atoms with Gasteiger partial charge in [0.05, 0.1) is 25.7 Å². The summed E-state index contributed by atoms with van der Waals surface area (Å²) in [6.07, 6.45) is 0.0451. The number of aromatic nitrogens is 1. The second kappa shape index (κ2) is 5.77. The number of hydrogen-bond acceptors (Lipinski definition) is 4. The van der Waals surface area contributed by atoms with Crippen LogP contribution in [0, 0.1) is 0 Å². The van der Waals surface area contributed by atoms with Crippen LogP contribution < -0.4 is 0 Å². The first-order valence-corrected chi connectivity index (χ1v) is 6.40. The molecular formula is C15H17NO4. The number of benzene rings is 1. The lowest BCUT2D eigenvalue weighted by molar-refractivity contribution is -0.142. The Hall–Kier alpha value is -2.30. The zero-order valence-electron chi connectivity index (χ0n) is 11.8. The maximum atomic E-state index is 12.0. The minimum atomic E-state index is -0.443. The van der Waals surface area contributed by atoms with E-state index in [4.69, 9.17) is 9.47 Å². The summed E-state index contributed by atoms with van der Waals surface area (Å²) in [6.45, 7) is 2.07. The van der Waals surface area contributed by atoms with E-state index in [1.54, 1.807) is 6.92 Å². The molecule has 0 aliphatic heterocycles. The first-order chi connectivity index (χ1) is 9.60. The SMILES string of the molecule is CCOC(=O)Cc1c(C(=O)OC)c2ccccc2n1C.